The third-order valence-electron chi connectivity index (χ3n) is 7.48. The second-order valence-corrected chi connectivity index (χ2v) is 10.2. The van der Waals surface area contributed by atoms with Gasteiger partial charge in [0.2, 0.25) is 5.91 Å². The number of carbonyl (C=O) groups excluding carboxylic acids is 1. The number of hydrogen-bond acceptors (Lipinski definition) is 5. The second-order valence-electron chi connectivity index (χ2n) is 10.2. The number of carbonyl (C=O) groups is 1. The van der Waals surface area contributed by atoms with Crippen molar-refractivity contribution in [3.05, 3.63) is 59.6 Å². The van der Waals surface area contributed by atoms with E-state index in [1.165, 1.54) is 37.7 Å². The van der Waals surface area contributed by atoms with Gasteiger partial charge in [-0.2, -0.15) is 0 Å². The molecule has 0 radical (unpaired) electrons. The summed E-state index contributed by atoms with van der Waals surface area (Å²) in [7, 11) is 3.72. The van der Waals surface area contributed by atoms with Gasteiger partial charge in [-0.05, 0) is 49.6 Å². The van der Waals surface area contributed by atoms with Crippen LogP contribution in [0.3, 0.4) is 0 Å². The number of amides is 1. The maximum absolute atomic E-state index is 13.4. The molecule has 3 aromatic rings. The minimum absolute atomic E-state index is 0.184. The van der Waals surface area contributed by atoms with Crippen molar-refractivity contribution in [2.45, 2.75) is 57.4 Å². The van der Waals surface area contributed by atoms with Crippen molar-refractivity contribution in [2.24, 2.45) is 5.41 Å². The van der Waals surface area contributed by atoms with Gasteiger partial charge in [-0.15, -0.1) is 0 Å². The minimum atomic E-state index is -0.467. The van der Waals surface area contributed by atoms with Gasteiger partial charge in [-0.3, -0.25) is 14.7 Å². The molecular weight excluding hydrogens is 412 g/mol. The molecule has 3 heterocycles. The first kappa shape index (κ1) is 22.1. The highest BCUT2D eigenvalue weighted by atomic mass is 16.5. The van der Waals surface area contributed by atoms with Gasteiger partial charge in [-0.1, -0.05) is 36.6 Å². The minimum Gasteiger partial charge on any atom is -0.361 e. The van der Waals surface area contributed by atoms with Gasteiger partial charge < -0.3 is 9.42 Å². The van der Waals surface area contributed by atoms with Gasteiger partial charge >= 0.3 is 0 Å². The lowest BCUT2D eigenvalue weighted by molar-refractivity contribution is -0.139. The first-order valence-corrected chi connectivity index (χ1v) is 12.3. The van der Waals surface area contributed by atoms with Crippen LogP contribution >= 0.6 is 0 Å². The van der Waals surface area contributed by atoms with Crippen LogP contribution in [0.2, 0.25) is 0 Å². The van der Waals surface area contributed by atoms with E-state index in [0.29, 0.717) is 12.3 Å². The number of fused-ring (bicyclic) bond motifs is 1. The SMILES string of the molecule is CN(C)C(=O)[C@]1(Cc2cc(C3CCCCC3)no2)CCN(Cc2ccc3ncccc3c2)C1. The Kier molecular flexibility index (Phi) is 6.19. The first-order chi connectivity index (χ1) is 16.0. The molecule has 33 heavy (non-hydrogen) atoms. The summed E-state index contributed by atoms with van der Waals surface area (Å²) in [6.45, 7) is 2.46. The number of likely N-dealkylation sites (tertiary alicyclic amines) is 1. The highest BCUT2D eigenvalue weighted by Crippen LogP contribution is 2.38. The molecule has 0 unspecified atom stereocenters. The molecule has 1 amide bonds. The van der Waals surface area contributed by atoms with Crippen LogP contribution in [0.25, 0.3) is 10.9 Å². The zero-order valence-electron chi connectivity index (χ0n) is 19.8. The molecule has 5 rings (SSSR count). The summed E-state index contributed by atoms with van der Waals surface area (Å²) in [6, 6.07) is 12.6. The highest BCUT2D eigenvalue weighted by Gasteiger charge is 2.46. The van der Waals surface area contributed by atoms with Gasteiger partial charge in [0, 0.05) is 57.2 Å². The average molecular weight is 447 g/mol. The molecule has 6 nitrogen and oxygen atoms in total. The second kappa shape index (κ2) is 9.26. The summed E-state index contributed by atoms with van der Waals surface area (Å²) in [5.74, 6) is 1.55. The predicted molar refractivity (Wildman–Crippen MR) is 129 cm³/mol. The van der Waals surface area contributed by atoms with Gasteiger partial charge in [0.1, 0.15) is 5.76 Å². The van der Waals surface area contributed by atoms with Crippen molar-refractivity contribution >= 4 is 16.8 Å². The Labute approximate surface area is 195 Å². The van der Waals surface area contributed by atoms with Crippen LogP contribution in [-0.2, 0) is 17.8 Å². The highest BCUT2D eigenvalue weighted by molar-refractivity contribution is 5.83. The third kappa shape index (κ3) is 4.67. The quantitative estimate of drug-likeness (QED) is 0.545. The van der Waals surface area contributed by atoms with E-state index >= 15 is 0 Å². The molecular formula is C27H34N4O2. The Morgan fingerprint density at radius 3 is 2.85 bits per heavy atom. The monoisotopic (exact) mass is 446 g/mol. The van der Waals surface area contributed by atoms with Crippen LogP contribution in [0.1, 0.15) is 61.5 Å². The van der Waals surface area contributed by atoms with Crippen LogP contribution in [0.5, 0.6) is 0 Å². The number of pyridine rings is 1. The normalized spacial score (nSPS) is 22.1. The largest absolute Gasteiger partial charge is 0.361 e. The first-order valence-electron chi connectivity index (χ1n) is 12.3. The van der Waals surface area contributed by atoms with E-state index in [-0.39, 0.29) is 5.91 Å². The Bertz CT molecular complexity index is 1120. The van der Waals surface area contributed by atoms with Gasteiger partial charge in [0.05, 0.1) is 16.6 Å². The lowest BCUT2D eigenvalue weighted by Crippen LogP contribution is -2.43. The molecule has 1 saturated heterocycles. The van der Waals surface area contributed by atoms with Crippen molar-refractivity contribution in [3.8, 4) is 0 Å². The molecule has 2 fully saturated rings. The lowest BCUT2D eigenvalue weighted by atomic mass is 9.80. The molecule has 0 bridgehead atoms. The zero-order chi connectivity index (χ0) is 22.8. The summed E-state index contributed by atoms with van der Waals surface area (Å²) in [5, 5.41) is 5.57. The molecule has 1 saturated carbocycles. The Morgan fingerprint density at radius 1 is 1.18 bits per heavy atom. The van der Waals surface area contributed by atoms with E-state index < -0.39 is 5.41 Å². The van der Waals surface area contributed by atoms with Crippen LogP contribution in [0.4, 0.5) is 0 Å². The number of benzene rings is 1. The topological polar surface area (TPSA) is 62.5 Å². The van der Waals surface area contributed by atoms with Crippen LogP contribution < -0.4 is 0 Å². The van der Waals surface area contributed by atoms with Crippen LogP contribution in [0, 0.1) is 5.41 Å². The van der Waals surface area contributed by atoms with E-state index in [4.69, 9.17) is 4.52 Å². The van der Waals surface area contributed by atoms with Gasteiger partial charge in [-0.25, -0.2) is 0 Å². The van der Waals surface area contributed by atoms with Crippen molar-refractivity contribution < 1.29 is 9.32 Å². The zero-order valence-corrected chi connectivity index (χ0v) is 19.8. The van der Waals surface area contributed by atoms with Crippen molar-refractivity contribution in [3.63, 3.8) is 0 Å². The van der Waals surface area contributed by atoms with E-state index in [1.807, 2.05) is 26.4 Å². The number of nitrogens with zero attached hydrogens (tertiary/aromatic N) is 4. The molecule has 1 aromatic carbocycles. The van der Waals surface area contributed by atoms with Crippen LogP contribution in [-0.4, -0.2) is 53.0 Å². The van der Waals surface area contributed by atoms with E-state index in [9.17, 15) is 4.79 Å². The Hall–Kier alpha value is -2.73. The number of rotatable bonds is 6. The van der Waals surface area contributed by atoms with Gasteiger partial charge in [0.15, 0.2) is 0 Å². The standard InChI is InChI=1S/C27H34N4O2/c1-30(2)26(32)27(17-23-16-25(29-33-23)21-7-4-3-5-8-21)12-14-31(19-27)18-20-10-11-24-22(15-20)9-6-13-28-24/h6,9-11,13,15-16,21H,3-5,7-8,12,14,17-19H2,1-2H3/t27-/m0/s1. The van der Waals surface area contributed by atoms with Crippen molar-refractivity contribution in [1.82, 2.24) is 19.9 Å². The molecule has 1 aliphatic heterocycles. The van der Waals surface area contributed by atoms with E-state index in [1.54, 1.807) is 4.90 Å². The number of aromatic nitrogens is 2. The smallest absolute Gasteiger partial charge is 0.230 e. The summed E-state index contributed by atoms with van der Waals surface area (Å²) in [4.78, 5) is 21.9. The van der Waals surface area contributed by atoms with E-state index in [2.05, 4.69) is 45.4 Å². The molecule has 0 N–H and O–H groups in total. The summed E-state index contributed by atoms with van der Waals surface area (Å²) in [5.41, 5.74) is 2.88. The molecule has 6 heteroatoms. The lowest BCUT2D eigenvalue weighted by Gasteiger charge is -2.30. The fourth-order valence-electron chi connectivity index (χ4n) is 5.78. The van der Waals surface area contributed by atoms with Gasteiger partial charge in [0.25, 0.3) is 0 Å². The number of hydrogen-bond donors (Lipinski definition) is 0. The molecule has 1 atom stereocenters. The molecule has 1 aliphatic carbocycles. The average Bonchev–Trinajstić information content (AvgIpc) is 3.47. The molecule has 174 valence electrons. The molecule has 0 spiro atoms. The van der Waals surface area contributed by atoms with E-state index in [0.717, 1.165) is 48.4 Å². The summed E-state index contributed by atoms with van der Waals surface area (Å²) >= 11 is 0. The van der Waals surface area contributed by atoms with Crippen molar-refractivity contribution in [1.29, 1.82) is 0 Å². The Balaban J connectivity index is 1.32. The fraction of sp³-hybridized carbons (Fsp3) is 0.519. The predicted octanol–water partition coefficient (Wildman–Crippen LogP) is 4.79. The van der Waals surface area contributed by atoms with Crippen molar-refractivity contribution in [2.75, 3.05) is 27.2 Å². The Morgan fingerprint density at radius 2 is 2.03 bits per heavy atom. The molecule has 2 aromatic heterocycles. The maximum Gasteiger partial charge on any atom is 0.230 e. The van der Waals surface area contributed by atoms with Crippen LogP contribution in [0.15, 0.2) is 47.1 Å². The fourth-order valence-corrected chi connectivity index (χ4v) is 5.78. The molecule has 2 aliphatic rings. The maximum atomic E-state index is 13.4. The summed E-state index contributed by atoms with van der Waals surface area (Å²) < 4.78 is 5.79. The third-order valence-corrected chi connectivity index (χ3v) is 7.48. The summed E-state index contributed by atoms with van der Waals surface area (Å²) in [6.07, 6.45) is 9.54.